The van der Waals surface area contributed by atoms with Gasteiger partial charge >= 0.3 is 0 Å². The zero-order valence-corrected chi connectivity index (χ0v) is 15.5. The SMILES string of the molecule is O=C(CC12CC3CC(CC(C3)C1)C2)NC(=S)NNC(=O)c1ccncc1. The van der Waals surface area contributed by atoms with Gasteiger partial charge in [0.1, 0.15) is 0 Å². The number of rotatable bonds is 3. The van der Waals surface area contributed by atoms with Crippen LogP contribution >= 0.6 is 12.2 Å². The Labute approximate surface area is 158 Å². The van der Waals surface area contributed by atoms with Crippen LogP contribution in [-0.2, 0) is 4.79 Å². The summed E-state index contributed by atoms with van der Waals surface area (Å²) in [6, 6.07) is 3.21. The molecule has 0 radical (unpaired) electrons. The lowest BCUT2D eigenvalue weighted by Crippen LogP contribution is -2.51. The fourth-order valence-electron chi connectivity index (χ4n) is 5.74. The van der Waals surface area contributed by atoms with Crippen LogP contribution in [0.3, 0.4) is 0 Å². The predicted octanol–water partition coefficient (Wildman–Crippen LogP) is 2.32. The van der Waals surface area contributed by atoms with Gasteiger partial charge in [0, 0.05) is 24.4 Å². The summed E-state index contributed by atoms with van der Waals surface area (Å²) < 4.78 is 0. The first-order valence-electron chi connectivity index (χ1n) is 9.31. The van der Waals surface area contributed by atoms with Crippen molar-refractivity contribution in [1.29, 1.82) is 0 Å². The highest BCUT2D eigenvalue weighted by molar-refractivity contribution is 7.80. The molecule has 26 heavy (non-hydrogen) atoms. The molecule has 0 spiro atoms. The summed E-state index contributed by atoms with van der Waals surface area (Å²) in [7, 11) is 0. The van der Waals surface area contributed by atoms with Crippen molar-refractivity contribution in [2.75, 3.05) is 0 Å². The number of hydrazine groups is 1. The van der Waals surface area contributed by atoms with Crippen LogP contribution in [-0.4, -0.2) is 21.9 Å². The van der Waals surface area contributed by atoms with Gasteiger partial charge in [-0.15, -0.1) is 0 Å². The van der Waals surface area contributed by atoms with E-state index in [0.29, 0.717) is 12.0 Å². The van der Waals surface area contributed by atoms with E-state index in [1.165, 1.54) is 38.5 Å². The molecule has 138 valence electrons. The smallest absolute Gasteiger partial charge is 0.269 e. The Kier molecular flexibility index (Phi) is 4.65. The summed E-state index contributed by atoms with van der Waals surface area (Å²) >= 11 is 5.14. The minimum Gasteiger partial charge on any atom is -0.302 e. The van der Waals surface area contributed by atoms with E-state index in [-0.39, 0.29) is 22.3 Å². The van der Waals surface area contributed by atoms with E-state index >= 15 is 0 Å². The lowest BCUT2D eigenvalue weighted by Gasteiger charge is -2.56. The summed E-state index contributed by atoms with van der Waals surface area (Å²) in [5, 5.41) is 2.84. The van der Waals surface area contributed by atoms with Crippen molar-refractivity contribution < 1.29 is 9.59 Å². The highest BCUT2D eigenvalue weighted by atomic mass is 32.1. The molecular formula is C19H24N4O2S. The van der Waals surface area contributed by atoms with Gasteiger partial charge < -0.3 is 5.32 Å². The summed E-state index contributed by atoms with van der Waals surface area (Å²) in [6.07, 6.45) is 11.3. The van der Waals surface area contributed by atoms with Crippen LogP contribution in [0.1, 0.15) is 55.3 Å². The molecule has 0 aliphatic heterocycles. The Morgan fingerprint density at radius 3 is 2.19 bits per heavy atom. The predicted molar refractivity (Wildman–Crippen MR) is 101 cm³/mol. The average Bonchev–Trinajstić information content (AvgIpc) is 2.58. The Balaban J connectivity index is 1.26. The van der Waals surface area contributed by atoms with E-state index in [1.54, 1.807) is 24.5 Å². The second-order valence-electron chi connectivity index (χ2n) is 8.29. The maximum atomic E-state index is 12.5. The molecule has 6 nitrogen and oxygen atoms in total. The molecule has 4 aliphatic rings. The molecule has 3 N–H and O–H groups in total. The lowest BCUT2D eigenvalue weighted by atomic mass is 9.49. The molecule has 2 amide bonds. The molecule has 4 saturated carbocycles. The van der Waals surface area contributed by atoms with Crippen molar-refractivity contribution in [3.63, 3.8) is 0 Å². The van der Waals surface area contributed by atoms with Gasteiger partial charge in [0.05, 0.1) is 0 Å². The quantitative estimate of drug-likeness (QED) is 0.560. The first-order valence-corrected chi connectivity index (χ1v) is 9.72. The van der Waals surface area contributed by atoms with Crippen molar-refractivity contribution >= 4 is 29.1 Å². The molecular weight excluding hydrogens is 348 g/mol. The van der Waals surface area contributed by atoms with Gasteiger partial charge in [0.2, 0.25) is 5.91 Å². The van der Waals surface area contributed by atoms with Crippen LogP contribution in [0.2, 0.25) is 0 Å². The average molecular weight is 372 g/mol. The van der Waals surface area contributed by atoms with Gasteiger partial charge in [-0.3, -0.25) is 25.4 Å². The van der Waals surface area contributed by atoms with Crippen molar-refractivity contribution in [2.45, 2.75) is 44.9 Å². The fourth-order valence-corrected chi connectivity index (χ4v) is 5.90. The van der Waals surface area contributed by atoms with Gasteiger partial charge in [-0.2, -0.15) is 0 Å². The highest BCUT2D eigenvalue weighted by Gasteiger charge is 2.51. The zero-order chi connectivity index (χ0) is 18.1. The summed E-state index contributed by atoms with van der Waals surface area (Å²) in [6.45, 7) is 0. The van der Waals surface area contributed by atoms with Crippen LogP contribution in [0.15, 0.2) is 24.5 Å². The molecule has 4 fully saturated rings. The monoisotopic (exact) mass is 372 g/mol. The molecule has 1 aromatic rings. The number of nitrogens with one attached hydrogen (secondary N) is 3. The molecule has 0 unspecified atom stereocenters. The largest absolute Gasteiger partial charge is 0.302 e. The second kappa shape index (κ2) is 6.95. The molecule has 1 heterocycles. The van der Waals surface area contributed by atoms with Gasteiger partial charge in [0.25, 0.3) is 5.91 Å². The van der Waals surface area contributed by atoms with Gasteiger partial charge in [-0.25, -0.2) is 0 Å². The highest BCUT2D eigenvalue weighted by Crippen LogP contribution is 2.61. The molecule has 4 aliphatic carbocycles. The number of hydrogen-bond donors (Lipinski definition) is 3. The maximum Gasteiger partial charge on any atom is 0.269 e. The maximum absolute atomic E-state index is 12.5. The van der Waals surface area contributed by atoms with Gasteiger partial charge in [-0.05, 0) is 86.0 Å². The minimum absolute atomic E-state index is 0.0531. The summed E-state index contributed by atoms with van der Waals surface area (Å²) in [5.41, 5.74) is 5.73. The van der Waals surface area contributed by atoms with Gasteiger partial charge in [0.15, 0.2) is 5.11 Å². The third-order valence-electron chi connectivity index (χ3n) is 6.19. The normalized spacial score (nSPS) is 31.3. The topological polar surface area (TPSA) is 83.1 Å². The number of aromatic nitrogens is 1. The number of pyridine rings is 1. The summed E-state index contributed by atoms with van der Waals surface area (Å²) in [4.78, 5) is 28.3. The standard InChI is InChI=1S/C19H24N4O2S/c24-16(11-19-8-12-5-13(9-19)7-14(6-12)10-19)21-18(26)23-22-17(25)15-1-3-20-4-2-15/h1-4,12-14H,5-11H2,(H,22,25)(H2,21,23,24,26). The number of amides is 2. The van der Waals surface area contributed by atoms with Crippen LogP contribution in [0.5, 0.6) is 0 Å². The molecule has 7 heteroatoms. The van der Waals surface area contributed by atoms with E-state index in [4.69, 9.17) is 12.2 Å². The van der Waals surface area contributed by atoms with Crippen LogP contribution in [0.4, 0.5) is 0 Å². The Morgan fingerprint density at radius 2 is 1.62 bits per heavy atom. The molecule has 5 rings (SSSR count). The number of carbonyl (C=O) groups excluding carboxylic acids is 2. The first-order chi connectivity index (χ1) is 12.5. The Morgan fingerprint density at radius 1 is 1.04 bits per heavy atom. The van der Waals surface area contributed by atoms with Crippen LogP contribution in [0.25, 0.3) is 0 Å². The van der Waals surface area contributed by atoms with E-state index in [9.17, 15) is 9.59 Å². The number of carbonyl (C=O) groups is 2. The lowest BCUT2D eigenvalue weighted by molar-refractivity contribution is -0.128. The van der Waals surface area contributed by atoms with E-state index < -0.39 is 0 Å². The van der Waals surface area contributed by atoms with Crippen molar-refractivity contribution in [3.05, 3.63) is 30.1 Å². The van der Waals surface area contributed by atoms with Crippen molar-refractivity contribution in [3.8, 4) is 0 Å². The number of thiocarbonyl (C=S) groups is 1. The van der Waals surface area contributed by atoms with E-state index in [0.717, 1.165) is 17.8 Å². The van der Waals surface area contributed by atoms with Crippen molar-refractivity contribution in [1.82, 2.24) is 21.2 Å². The minimum atomic E-state index is -0.329. The third-order valence-corrected chi connectivity index (χ3v) is 6.39. The Bertz CT molecular complexity index is 686. The number of nitrogens with zero attached hydrogens (tertiary/aromatic N) is 1. The molecule has 0 atom stereocenters. The molecule has 1 aromatic heterocycles. The first kappa shape index (κ1) is 17.4. The van der Waals surface area contributed by atoms with E-state index in [1.807, 2.05) is 0 Å². The molecule has 0 saturated heterocycles. The third kappa shape index (κ3) is 3.72. The molecule has 4 bridgehead atoms. The van der Waals surface area contributed by atoms with Crippen LogP contribution in [0, 0.1) is 23.2 Å². The van der Waals surface area contributed by atoms with Crippen molar-refractivity contribution in [2.24, 2.45) is 23.2 Å². The zero-order valence-electron chi connectivity index (χ0n) is 14.7. The fraction of sp³-hybridized carbons (Fsp3) is 0.579. The second-order valence-corrected chi connectivity index (χ2v) is 8.69. The Hall–Kier alpha value is -2.02. The van der Waals surface area contributed by atoms with E-state index in [2.05, 4.69) is 21.2 Å². The van der Waals surface area contributed by atoms with Gasteiger partial charge in [-0.1, -0.05) is 0 Å². The van der Waals surface area contributed by atoms with Crippen LogP contribution < -0.4 is 16.2 Å². The summed E-state index contributed by atoms with van der Waals surface area (Å²) in [5.74, 6) is 2.07. The number of hydrogen-bond acceptors (Lipinski definition) is 4. The molecule has 0 aromatic carbocycles.